The number of carbonyl (C=O) groups is 2. The van der Waals surface area contributed by atoms with E-state index in [0.717, 1.165) is 16.3 Å². The van der Waals surface area contributed by atoms with Gasteiger partial charge < -0.3 is 19.8 Å². The summed E-state index contributed by atoms with van der Waals surface area (Å²) in [6.45, 7) is -1.01. The van der Waals surface area contributed by atoms with Crippen molar-refractivity contribution in [2.45, 2.75) is 24.7 Å². The minimum absolute atomic E-state index is 0.00875. The average molecular weight is 448 g/mol. The molecule has 0 bridgehead atoms. The summed E-state index contributed by atoms with van der Waals surface area (Å²) in [5.74, 6) is -0.288. The average Bonchev–Trinajstić information content (AvgIpc) is 3.39. The second kappa shape index (κ2) is 8.80. The lowest BCUT2D eigenvalue weighted by Crippen LogP contribution is -2.46. The number of thioether (sulfide) groups is 1. The van der Waals surface area contributed by atoms with E-state index < -0.39 is 24.6 Å². The third kappa shape index (κ3) is 4.13. The summed E-state index contributed by atoms with van der Waals surface area (Å²) in [5, 5.41) is 5.29. The van der Waals surface area contributed by atoms with Gasteiger partial charge >= 0.3 is 18.5 Å². The van der Waals surface area contributed by atoms with Crippen LogP contribution in [0.15, 0.2) is 63.5 Å². The van der Waals surface area contributed by atoms with Gasteiger partial charge in [0.15, 0.2) is 5.16 Å². The molecule has 0 saturated carbocycles. The van der Waals surface area contributed by atoms with Crippen LogP contribution in [-0.4, -0.2) is 33.9 Å². The van der Waals surface area contributed by atoms with Gasteiger partial charge in [0.1, 0.15) is 11.8 Å². The molecule has 3 aromatic rings. The van der Waals surface area contributed by atoms with Crippen LogP contribution in [-0.2, 0) is 9.53 Å². The fraction of sp³-hybridized carbons (Fsp3) is 0.250. The van der Waals surface area contributed by atoms with E-state index in [2.05, 4.69) is 15.6 Å². The van der Waals surface area contributed by atoms with Crippen molar-refractivity contribution in [2.24, 2.45) is 0 Å². The molecule has 11 heteroatoms. The molecule has 0 radical (unpaired) electrons. The van der Waals surface area contributed by atoms with Gasteiger partial charge in [-0.1, -0.05) is 23.9 Å². The van der Waals surface area contributed by atoms with Crippen LogP contribution in [0.1, 0.15) is 25.3 Å². The number of aromatic nitrogens is 2. The van der Waals surface area contributed by atoms with E-state index in [1.807, 2.05) is 0 Å². The van der Waals surface area contributed by atoms with Crippen LogP contribution in [0.2, 0.25) is 0 Å². The SMILES string of the molecule is CCOC(=O)C1=C(CSc2nc3ccccc3n2C(F)F)NC(=O)NC1c1ccco1. The molecule has 2 amide bonds. The van der Waals surface area contributed by atoms with Gasteiger partial charge in [-0.25, -0.2) is 14.6 Å². The molecule has 1 atom stereocenters. The highest BCUT2D eigenvalue weighted by Crippen LogP contribution is 2.33. The highest BCUT2D eigenvalue weighted by atomic mass is 32.2. The van der Waals surface area contributed by atoms with Crippen LogP contribution >= 0.6 is 11.8 Å². The third-order valence-electron chi connectivity index (χ3n) is 4.58. The Labute approximate surface area is 179 Å². The number of para-hydroxylation sites is 2. The number of esters is 1. The number of alkyl halides is 2. The summed E-state index contributed by atoms with van der Waals surface area (Å²) in [4.78, 5) is 29.2. The van der Waals surface area contributed by atoms with E-state index >= 15 is 0 Å². The van der Waals surface area contributed by atoms with Gasteiger partial charge in [0.25, 0.3) is 0 Å². The highest BCUT2D eigenvalue weighted by molar-refractivity contribution is 7.99. The lowest BCUT2D eigenvalue weighted by Gasteiger charge is -2.27. The third-order valence-corrected chi connectivity index (χ3v) is 5.56. The maximum absolute atomic E-state index is 13.7. The number of hydrogen-bond donors (Lipinski definition) is 2. The van der Waals surface area contributed by atoms with Gasteiger partial charge in [-0.05, 0) is 31.2 Å². The highest BCUT2D eigenvalue weighted by Gasteiger charge is 2.35. The molecule has 3 heterocycles. The second-order valence-electron chi connectivity index (χ2n) is 6.48. The van der Waals surface area contributed by atoms with Crippen LogP contribution in [0, 0.1) is 0 Å². The fourth-order valence-electron chi connectivity index (χ4n) is 3.30. The number of carbonyl (C=O) groups excluding carboxylic acids is 2. The van der Waals surface area contributed by atoms with Crippen molar-refractivity contribution < 1.29 is 27.5 Å². The maximum Gasteiger partial charge on any atom is 0.338 e. The quantitative estimate of drug-likeness (QED) is 0.419. The summed E-state index contributed by atoms with van der Waals surface area (Å²) in [5.41, 5.74) is 1.10. The predicted molar refractivity (Wildman–Crippen MR) is 108 cm³/mol. The molecule has 0 fully saturated rings. The van der Waals surface area contributed by atoms with Crippen molar-refractivity contribution in [1.29, 1.82) is 0 Å². The number of nitrogens with zero attached hydrogens (tertiary/aromatic N) is 2. The normalized spacial score (nSPS) is 16.5. The Kier molecular flexibility index (Phi) is 5.94. The molecule has 4 rings (SSSR count). The van der Waals surface area contributed by atoms with E-state index in [0.29, 0.717) is 16.8 Å². The number of halogens is 2. The number of urea groups is 1. The summed E-state index contributed by atoms with van der Waals surface area (Å²) < 4.78 is 38.8. The number of benzene rings is 1. The zero-order chi connectivity index (χ0) is 22.0. The Morgan fingerprint density at radius 2 is 2.13 bits per heavy atom. The van der Waals surface area contributed by atoms with Crippen LogP contribution in [0.3, 0.4) is 0 Å². The lowest BCUT2D eigenvalue weighted by molar-refractivity contribution is -0.139. The van der Waals surface area contributed by atoms with Crippen molar-refractivity contribution in [3.05, 3.63) is 59.7 Å². The smallest absolute Gasteiger partial charge is 0.338 e. The number of furan rings is 1. The monoisotopic (exact) mass is 448 g/mol. The standard InChI is InChI=1S/C20H18F2N4O4S/c1-2-29-17(27)15-12(23-19(28)25-16(15)14-8-5-9-30-14)10-31-20-24-11-6-3-4-7-13(11)26(20)18(21)22/h3-9,16,18H,2,10H2,1H3,(H2,23,25,28). The first-order valence-corrected chi connectivity index (χ1v) is 10.4. The first-order chi connectivity index (χ1) is 15.0. The number of nitrogens with one attached hydrogen (secondary N) is 2. The first kappa shape index (κ1) is 20.9. The van der Waals surface area contributed by atoms with Crippen LogP contribution in [0.5, 0.6) is 0 Å². The lowest BCUT2D eigenvalue weighted by atomic mass is 10.0. The number of rotatable bonds is 7. The van der Waals surface area contributed by atoms with E-state index in [9.17, 15) is 18.4 Å². The van der Waals surface area contributed by atoms with Gasteiger partial charge in [-0.3, -0.25) is 4.57 Å². The van der Waals surface area contributed by atoms with Gasteiger partial charge in [0.2, 0.25) is 0 Å². The molecule has 31 heavy (non-hydrogen) atoms. The molecular weight excluding hydrogens is 430 g/mol. The molecule has 1 aromatic carbocycles. The molecule has 0 aliphatic carbocycles. The number of ether oxygens (including phenoxy) is 1. The molecule has 1 aliphatic heterocycles. The van der Waals surface area contributed by atoms with Crippen LogP contribution < -0.4 is 10.6 Å². The van der Waals surface area contributed by atoms with Gasteiger partial charge in [0, 0.05) is 11.4 Å². The molecule has 2 N–H and O–H groups in total. The van der Waals surface area contributed by atoms with Gasteiger partial charge in [0.05, 0.1) is 29.5 Å². The minimum Gasteiger partial charge on any atom is -0.467 e. The van der Waals surface area contributed by atoms with Crippen molar-refractivity contribution in [3.8, 4) is 0 Å². The molecule has 162 valence electrons. The molecule has 8 nitrogen and oxygen atoms in total. The minimum atomic E-state index is -2.80. The summed E-state index contributed by atoms with van der Waals surface area (Å²) in [7, 11) is 0. The summed E-state index contributed by atoms with van der Waals surface area (Å²) in [6.07, 6.45) is 1.42. The predicted octanol–water partition coefficient (Wildman–Crippen LogP) is 3.99. The van der Waals surface area contributed by atoms with Crippen molar-refractivity contribution in [3.63, 3.8) is 0 Å². The Hall–Kier alpha value is -3.34. The zero-order valence-corrected chi connectivity index (χ0v) is 17.1. The summed E-state index contributed by atoms with van der Waals surface area (Å²) >= 11 is 0.981. The van der Waals surface area contributed by atoms with E-state index in [-0.39, 0.29) is 28.8 Å². The van der Waals surface area contributed by atoms with E-state index in [1.54, 1.807) is 43.3 Å². The Morgan fingerprint density at radius 1 is 1.32 bits per heavy atom. The largest absolute Gasteiger partial charge is 0.467 e. The fourth-order valence-corrected chi connectivity index (χ4v) is 4.28. The molecular formula is C20H18F2N4O4S. The second-order valence-corrected chi connectivity index (χ2v) is 7.42. The maximum atomic E-state index is 13.7. The van der Waals surface area contributed by atoms with Gasteiger partial charge in [-0.15, -0.1) is 0 Å². The van der Waals surface area contributed by atoms with Crippen molar-refractivity contribution in [2.75, 3.05) is 12.4 Å². The molecule has 1 aliphatic rings. The summed E-state index contributed by atoms with van der Waals surface area (Å²) in [6, 6.07) is 8.39. The van der Waals surface area contributed by atoms with Gasteiger partial charge in [-0.2, -0.15) is 8.78 Å². The topological polar surface area (TPSA) is 98.4 Å². The first-order valence-electron chi connectivity index (χ1n) is 9.38. The van der Waals surface area contributed by atoms with E-state index in [4.69, 9.17) is 9.15 Å². The molecule has 0 spiro atoms. The van der Waals surface area contributed by atoms with Crippen molar-refractivity contribution in [1.82, 2.24) is 20.2 Å². The van der Waals surface area contributed by atoms with Crippen molar-refractivity contribution >= 4 is 34.8 Å². The Bertz CT molecular complexity index is 1140. The molecule has 2 aromatic heterocycles. The van der Waals surface area contributed by atoms with Crippen LogP contribution in [0.25, 0.3) is 11.0 Å². The van der Waals surface area contributed by atoms with Crippen LogP contribution in [0.4, 0.5) is 13.6 Å². The Balaban J connectivity index is 1.71. The zero-order valence-electron chi connectivity index (χ0n) is 16.3. The number of fused-ring (bicyclic) bond motifs is 1. The number of amides is 2. The molecule has 0 saturated heterocycles. The Morgan fingerprint density at radius 3 is 2.84 bits per heavy atom. The molecule has 1 unspecified atom stereocenters. The number of hydrogen-bond acceptors (Lipinski definition) is 6. The number of imidazole rings is 1. The van der Waals surface area contributed by atoms with E-state index in [1.165, 1.54) is 6.26 Å².